The van der Waals surface area contributed by atoms with Crippen molar-refractivity contribution in [1.82, 2.24) is 4.98 Å². The Kier molecular flexibility index (Phi) is 3.44. The van der Waals surface area contributed by atoms with Gasteiger partial charge in [-0.25, -0.2) is 4.98 Å². The maximum absolute atomic E-state index is 5.91. The predicted octanol–water partition coefficient (Wildman–Crippen LogP) is 3.83. The molecule has 2 heterocycles. The molecule has 3 rings (SSSR count). The Morgan fingerprint density at radius 1 is 1.21 bits per heavy atom. The van der Waals surface area contributed by atoms with E-state index < -0.39 is 0 Å². The average Bonchev–Trinajstić information content (AvgIpc) is 2.47. The van der Waals surface area contributed by atoms with Crippen molar-refractivity contribution in [1.29, 1.82) is 0 Å². The highest BCUT2D eigenvalue weighted by atomic mass is 35.5. The Hall–Kier alpha value is -1.52. The summed E-state index contributed by atoms with van der Waals surface area (Å²) in [6.45, 7) is 0.684. The van der Waals surface area contributed by atoms with Crippen molar-refractivity contribution in [3.8, 4) is 0 Å². The Labute approximate surface area is 121 Å². The van der Waals surface area contributed by atoms with E-state index >= 15 is 0 Å². The summed E-state index contributed by atoms with van der Waals surface area (Å²) >= 11 is 7.50. The molecule has 1 aromatic carbocycles. The Morgan fingerprint density at radius 2 is 2.00 bits per heavy atom. The van der Waals surface area contributed by atoms with Crippen LogP contribution in [0.1, 0.15) is 5.56 Å². The van der Waals surface area contributed by atoms with Gasteiger partial charge in [0.1, 0.15) is 5.03 Å². The maximum Gasteiger partial charge on any atom is 0.170 e. The van der Waals surface area contributed by atoms with Crippen molar-refractivity contribution in [2.45, 2.75) is 11.6 Å². The van der Waals surface area contributed by atoms with Gasteiger partial charge in [-0.3, -0.25) is 4.99 Å². The van der Waals surface area contributed by atoms with E-state index in [2.05, 4.69) is 20.9 Å². The first-order chi connectivity index (χ1) is 9.24. The summed E-state index contributed by atoms with van der Waals surface area (Å²) in [5.41, 5.74) is 2.25. The summed E-state index contributed by atoms with van der Waals surface area (Å²) in [7, 11) is 2.00. The number of benzene rings is 1. The molecular formula is C14H12ClN3S. The van der Waals surface area contributed by atoms with Gasteiger partial charge in [-0.05, 0) is 42.1 Å². The average molecular weight is 290 g/mol. The Balaban J connectivity index is 1.84. The van der Waals surface area contributed by atoms with Crippen LogP contribution in [0.4, 0.5) is 5.69 Å². The Morgan fingerprint density at radius 3 is 2.79 bits per heavy atom. The molecule has 96 valence electrons. The first-order valence-electron chi connectivity index (χ1n) is 5.89. The third-order valence-corrected chi connectivity index (χ3v) is 4.32. The van der Waals surface area contributed by atoms with E-state index in [-0.39, 0.29) is 0 Å². The second-order valence-corrected chi connectivity index (χ2v) is 5.60. The van der Waals surface area contributed by atoms with Crippen LogP contribution in [-0.4, -0.2) is 17.2 Å². The minimum Gasteiger partial charge on any atom is -0.324 e. The first kappa shape index (κ1) is 12.5. The smallest absolute Gasteiger partial charge is 0.170 e. The number of rotatable bonds is 1. The number of amidine groups is 1. The topological polar surface area (TPSA) is 28.5 Å². The van der Waals surface area contributed by atoms with Gasteiger partial charge in [0.25, 0.3) is 0 Å². The number of aliphatic imine (C=N–C) groups is 1. The molecule has 0 unspecified atom stereocenters. The van der Waals surface area contributed by atoms with Crippen LogP contribution in [0.15, 0.2) is 52.6 Å². The summed E-state index contributed by atoms with van der Waals surface area (Å²) in [4.78, 5) is 11.1. The van der Waals surface area contributed by atoms with Gasteiger partial charge in [0.05, 0.1) is 6.54 Å². The lowest BCUT2D eigenvalue weighted by Gasteiger charge is -2.23. The molecule has 3 nitrogen and oxygen atoms in total. The second kappa shape index (κ2) is 5.23. The number of thioether (sulfide) groups is 1. The van der Waals surface area contributed by atoms with Crippen molar-refractivity contribution in [2.75, 3.05) is 11.9 Å². The molecule has 0 aliphatic carbocycles. The highest BCUT2D eigenvalue weighted by Gasteiger charge is 2.18. The molecule has 2 aromatic rings. The standard InChI is InChI=1S/C14H12ClN3S/c1-18(12-6-4-11(15)5-7-12)14-17-9-10-3-2-8-16-13(10)19-14/h2-8H,9H2,1H3. The number of aromatic nitrogens is 1. The lowest BCUT2D eigenvalue weighted by atomic mass is 10.3. The highest BCUT2D eigenvalue weighted by molar-refractivity contribution is 8.14. The molecule has 1 aliphatic heterocycles. The fraction of sp³-hybridized carbons (Fsp3) is 0.143. The fourth-order valence-corrected chi connectivity index (χ4v) is 2.91. The molecular weight excluding hydrogens is 278 g/mol. The predicted molar refractivity (Wildman–Crippen MR) is 81.1 cm³/mol. The molecule has 0 bridgehead atoms. The highest BCUT2D eigenvalue weighted by Crippen LogP contribution is 2.30. The summed E-state index contributed by atoms with van der Waals surface area (Å²) in [6, 6.07) is 11.8. The van der Waals surface area contributed by atoms with Crippen molar-refractivity contribution >= 4 is 34.2 Å². The van der Waals surface area contributed by atoms with Gasteiger partial charge in [0.2, 0.25) is 0 Å². The summed E-state index contributed by atoms with van der Waals surface area (Å²) in [5, 5.41) is 2.73. The van der Waals surface area contributed by atoms with Crippen LogP contribution >= 0.6 is 23.4 Å². The van der Waals surface area contributed by atoms with Gasteiger partial charge in [-0.1, -0.05) is 17.7 Å². The number of halogens is 1. The van der Waals surface area contributed by atoms with Crippen molar-refractivity contribution in [2.24, 2.45) is 4.99 Å². The molecule has 1 aromatic heterocycles. The normalized spacial score (nSPS) is 13.7. The molecule has 0 saturated heterocycles. The second-order valence-electron chi connectivity index (χ2n) is 4.20. The molecule has 0 fully saturated rings. The van der Waals surface area contributed by atoms with Crippen molar-refractivity contribution < 1.29 is 0 Å². The van der Waals surface area contributed by atoms with Crippen LogP contribution in [0.5, 0.6) is 0 Å². The zero-order chi connectivity index (χ0) is 13.2. The third-order valence-electron chi connectivity index (χ3n) is 2.92. The maximum atomic E-state index is 5.91. The van der Waals surface area contributed by atoms with Gasteiger partial charge in [-0.2, -0.15) is 0 Å². The molecule has 1 aliphatic rings. The summed E-state index contributed by atoms with van der Waals surface area (Å²) in [5.74, 6) is 0. The van der Waals surface area contributed by atoms with Gasteiger partial charge in [0.15, 0.2) is 5.17 Å². The van der Waals surface area contributed by atoms with E-state index in [0.717, 1.165) is 20.9 Å². The molecule has 5 heteroatoms. The molecule has 19 heavy (non-hydrogen) atoms. The van der Waals surface area contributed by atoms with E-state index in [1.165, 1.54) is 5.56 Å². The van der Waals surface area contributed by atoms with Gasteiger partial charge in [0, 0.05) is 29.5 Å². The van der Waals surface area contributed by atoms with E-state index in [1.54, 1.807) is 11.8 Å². The van der Waals surface area contributed by atoms with E-state index in [9.17, 15) is 0 Å². The van der Waals surface area contributed by atoms with Crippen LogP contribution < -0.4 is 4.90 Å². The van der Waals surface area contributed by atoms with Crippen LogP contribution in [0, 0.1) is 0 Å². The molecule has 0 spiro atoms. The van der Waals surface area contributed by atoms with Crippen molar-refractivity contribution in [3.63, 3.8) is 0 Å². The number of nitrogens with zero attached hydrogens (tertiary/aromatic N) is 3. The minimum atomic E-state index is 0.684. The number of pyridine rings is 1. The zero-order valence-electron chi connectivity index (χ0n) is 10.4. The van der Waals surface area contributed by atoms with Crippen molar-refractivity contribution in [3.05, 3.63) is 53.2 Å². The lowest BCUT2D eigenvalue weighted by Crippen LogP contribution is -2.25. The van der Waals surface area contributed by atoms with Crippen LogP contribution in [0.2, 0.25) is 5.02 Å². The molecule has 0 atom stereocenters. The third kappa shape index (κ3) is 2.60. The molecule has 0 radical (unpaired) electrons. The first-order valence-corrected chi connectivity index (χ1v) is 7.09. The number of hydrogen-bond acceptors (Lipinski definition) is 4. The lowest BCUT2D eigenvalue weighted by molar-refractivity contribution is 0.951. The van der Waals surface area contributed by atoms with E-state index in [1.807, 2.05) is 43.6 Å². The SMILES string of the molecule is CN(C1=NCc2cccnc2S1)c1ccc(Cl)cc1. The van der Waals surface area contributed by atoms with E-state index in [4.69, 9.17) is 11.6 Å². The Bertz CT molecular complexity index is 625. The van der Waals surface area contributed by atoms with E-state index in [0.29, 0.717) is 6.54 Å². The van der Waals surface area contributed by atoms with Gasteiger partial charge in [-0.15, -0.1) is 0 Å². The molecule has 0 saturated carbocycles. The van der Waals surface area contributed by atoms with Gasteiger partial charge >= 0.3 is 0 Å². The quantitative estimate of drug-likeness (QED) is 0.799. The number of hydrogen-bond donors (Lipinski definition) is 0. The van der Waals surface area contributed by atoms with Gasteiger partial charge < -0.3 is 4.90 Å². The minimum absolute atomic E-state index is 0.684. The fourth-order valence-electron chi connectivity index (χ4n) is 1.86. The summed E-state index contributed by atoms with van der Waals surface area (Å²) < 4.78 is 0. The van der Waals surface area contributed by atoms with Crippen LogP contribution in [0.3, 0.4) is 0 Å². The van der Waals surface area contributed by atoms with Crippen LogP contribution in [0.25, 0.3) is 0 Å². The summed E-state index contributed by atoms with van der Waals surface area (Å²) in [6.07, 6.45) is 1.82. The zero-order valence-corrected chi connectivity index (χ0v) is 11.9. The molecule has 0 amide bonds. The molecule has 0 N–H and O–H groups in total. The van der Waals surface area contributed by atoms with Crippen LogP contribution in [-0.2, 0) is 6.54 Å². The number of fused-ring (bicyclic) bond motifs is 1. The largest absolute Gasteiger partial charge is 0.324 e. The number of anilines is 1. The monoisotopic (exact) mass is 289 g/mol.